The first-order valence-corrected chi connectivity index (χ1v) is 6.71. The van der Waals surface area contributed by atoms with Crippen molar-refractivity contribution in [2.45, 2.75) is 46.1 Å². The molecule has 0 radical (unpaired) electrons. The summed E-state index contributed by atoms with van der Waals surface area (Å²) in [5.41, 5.74) is 0.657. The number of unbranched alkanes of at least 4 members (excludes halogenated alkanes) is 1. The van der Waals surface area contributed by atoms with E-state index in [-0.39, 0.29) is 11.9 Å². The second kappa shape index (κ2) is 7.75. The Labute approximate surface area is 110 Å². The Hall–Kier alpha value is -1.51. The molecule has 18 heavy (non-hydrogen) atoms. The lowest BCUT2D eigenvalue weighted by Gasteiger charge is -2.12. The van der Waals surface area contributed by atoms with Gasteiger partial charge in [0.1, 0.15) is 5.75 Å². The number of hydrogen-bond donors (Lipinski definition) is 1. The molecule has 1 N–H and O–H groups in total. The van der Waals surface area contributed by atoms with E-state index in [0.29, 0.717) is 12.2 Å². The van der Waals surface area contributed by atoms with Crippen molar-refractivity contribution in [3.8, 4) is 5.75 Å². The van der Waals surface area contributed by atoms with Gasteiger partial charge in [0.25, 0.3) is 5.91 Å². The first kappa shape index (κ1) is 14.6. The lowest BCUT2D eigenvalue weighted by molar-refractivity contribution is 0.0939. The predicted molar refractivity (Wildman–Crippen MR) is 74.1 cm³/mol. The monoisotopic (exact) mass is 249 g/mol. The average Bonchev–Trinajstić information content (AvgIpc) is 2.39. The van der Waals surface area contributed by atoms with Crippen LogP contribution >= 0.6 is 0 Å². The van der Waals surface area contributed by atoms with Gasteiger partial charge in [-0.3, -0.25) is 4.79 Å². The van der Waals surface area contributed by atoms with E-state index in [1.54, 1.807) is 6.07 Å². The fraction of sp³-hybridized carbons (Fsp3) is 0.533. The van der Waals surface area contributed by atoms with Crippen molar-refractivity contribution < 1.29 is 9.53 Å². The van der Waals surface area contributed by atoms with E-state index in [0.717, 1.165) is 25.0 Å². The number of nitrogens with one attached hydrogen (secondary N) is 1. The molecule has 0 fully saturated rings. The molecule has 0 saturated carbocycles. The van der Waals surface area contributed by atoms with Gasteiger partial charge in [-0.05, 0) is 38.0 Å². The summed E-state index contributed by atoms with van der Waals surface area (Å²) in [7, 11) is 0. The van der Waals surface area contributed by atoms with Gasteiger partial charge in [0.2, 0.25) is 0 Å². The smallest absolute Gasteiger partial charge is 0.251 e. The first-order chi connectivity index (χ1) is 8.67. The van der Waals surface area contributed by atoms with Gasteiger partial charge in [0, 0.05) is 11.6 Å². The minimum Gasteiger partial charge on any atom is -0.494 e. The summed E-state index contributed by atoms with van der Waals surface area (Å²) < 4.78 is 5.59. The van der Waals surface area contributed by atoms with Crippen molar-refractivity contribution in [3.63, 3.8) is 0 Å². The van der Waals surface area contributed by atoms with Crippen molar-refractivity contribution in [3.05, 3.63) is 29.8 Å². The first-order valence-electron chi connectivity index (χ1n) is 6.71. The Kier molecular flexibility index (Phi) is 6.26. The molecule has 0 saturated heterocycles. The quantitative estimate of drug-likeness (QED) is 0.752. The third kappa shape index (κ3) is 4.78. The molecular weight excluding hydrogens is 226 g/mol. The van der Waals surface area contributed by atoms with Crippen LogP contribution in [0.4, 0.5) is 0 Å². The Morgan fingerprint density at radius 1 is 1.39 bits per heavy atom. The molecule has 0 aliphatic rings. The van der Waals surface area contributed by atoms with Crippen molar-refractivity contribution in [2.75, 3.05) is 6.61 Å². The van der Waals surface area contributed by atoms with Crippen LogP contribution in [-0.4, -0.2) is 18.6 Å². The molecule has 0 aliphatic carbocycles. The van der Waals surface area contributed by atoms with Crippen LogP contribution in [0.25, 0.3) is 0 Å². The van der Waals surface area contributed by atoms with E-state index in [1.807, 2.05) is 25.1 Å². The number of benzene rings is 1. The molecule has 1 unspecified atom stereocenters. The lowest BCUT2D eigenvalue weighted by atomic mass is 10.1. The molecule has 1 aromatic rings. The second-order valence-electron chi connectivity index (χ2n) is 4.51. The third-order valence-electron chi connectivity index (χ3n) is 2.85. The summed E-state index contributed by atoms with van der Waals surface area (Å²) in [4.78, 5) is 11.9. The van der Waals surface area contributed by atoms with Crippen LogP contribution in [-0.2, 0) is 0 Å². The van der Waals surface area contributed by atoms with E-state index in [4.69, 9.17) is 4.74 Å². The zero-order valence-corrected chi connectivity index (χ0v) is 11.5. The molecule has 1 amide bonds. The van der Waals surface area contributed by atoms with Crippen molar-refractivity contribution >= 4 is 5.91 Å². The highest BCUT2D eigenvalue weighted by Crippen LogP contribution is 2.14. The van der Waals surface area contributed by atoms with Crippen LogP contribution in [0.15, 0.2) is 24.3 Å². The summed E-state index contributed by atoms with van der Waals surface area (Å²) in [5, 5.41) is 2.95. The molecule has 100 valence electrons. The zero-order valence-electron chi connectivity index (χ0n) is 11.5. The van der Waals surface area contributed by atoms with Crippen LogP contribution < -0.4 is 10.1 Å². The maximum Gasteiger partial charge on any atom is 0.251 e. The number of carbonyl (C=O) groups excluding carboxylic acids is 1. The van der Waals surface area contributed by atoms with Gasteiger partial charge in [0.05, 0.1) is 6.61 Å². The highest BCUT2D eigenvalue weighted by atomic mass is 16.5. The van der Waals surface area contributed by atoms with Crippen LogP contribution in [0, 0.1) is 0 Å². The Bertz CT molecular complexity index is 377. The van der Waals surface area contributed by atoms with Crippen molar-refractivity contribution in [1.29, 1.82) is 0 Å². The number of rotatable bonds is 7. The molecular formula is C15H23NO2. The highest BCUT2D eigenvalue weighted by molar-refractivity contribution is 5.94. The second-order valence-corrected chi connectivity index (χ2v) is 4.51. The van der Waals surface area contributed by atoms with E-state index >= 15 is 0 Å². The Morgan fingerprint density at radius 3 is 2.83 bits per heavy atom. The summed E-state index contributed by atoms with van der Waals surface area (Å²) in [6, 6.07) is 7.54. The SMILES string of the molecule is CCCCOc1cccc(C(=O)NC(C)CC)c1. The Balaban J connectivity index is 2.60. The minimum atomic E-state index is -0.0368. The third-order valence-corrected chi connectivity index (χ3v) is 2.85. The van der Waals surface area contributed by atoms with Crippen LogP contribution in [0.3, 0.4) is 0 Å². The number of carbonyl (C=O) groups is 1. The lowest BCUT2D eigenvalue weighted by Crippen LogP contribution is -2.31. The van der Waals surface area contributed by atoms with E-state index in [1.165, 1.54) is 0 Å². The van der Waals surface area contributed by atoms with Crippen LogP contribution in [0.2, 0.25) is 0 Å². The van der Waals surface area contributed by atoms with E-state index in [2.05, 4.69) is 19.2 Å². The van der Waals surface area contributed by atoms with Crippen LogP contribution in [0.1, 0.15) is 50.4 Å². The van der Waals surface area contributed by atoms with Crippen LogP contribution in [0.5, 0.6) is 5.75 Å². The molecule has 0 spiro atoms. The normalized spacial score (nSPS) is 11.9. The predicted octanol–water partition coefficient (Wildman–Crippen LogP) is 3.39. The number of amides is 1. The molecule has 0 aliphatic heterocycles. The molecule has 1 atom stereocenters. The molecule has 0 aromatic heterocycles. The van der Waals surface area contributed by atoms with Crippen molar-refractivity contribution in [1.82, 2.24) is 5.32 Å². The topological polar surface area (TPSA) is 38.3 Å². The molecule has 0 heterocycles. The highest BCUT2D eigenvalue weighted by Gasteiger charge is 2.09. The number of ether oxygens (including phenoxy) is 1. The number of hydrogen-bond acceptors (Lipinski definition) is 2. The largest absolute Gasteiger partial charge is 0.494 e. The maximum atomic E-state index is 11.9. The maximum absolute atomic E-state index is 11.9. The van der Waals surface area contributed by atoms with E-state index in [9.17, 15) is 4.79 Å². The fourth-order valence-electron chi connectivity index (χ4n) is 1.47. The van der Waals surface area contributed by atoms with E-state index < -0.39 is 0 Å². The van der Waals surface area contributed by atoms with Crippen molar-refractivity contribution in [2.24, 2.45) is 0 Å². The van der Waals surface area contributed by atoms with Gasteiger partial charge in [-0.2, -0.15) is 0 Å². The summed E-state index contributed by atoms with van der Waals surface area (Å²) in [6.07, 6.45) is 3.07. The molecule has 1 aromatic carbocycles. The zero-order chi connectivity index (χ0) is 13.4. The molecule has 3 nitrogen and oxygen atoms in total. The average molecular weight is 249 g/mol. The minimum absolute atomic E-state index is 0.0368. The summed E-state index contributed by atoms with van der Waals surface area (Å²) >= 11 is 0. The van der Waals surface area contributed by atoms with Gasteiger partial charge in [-0.1, -0.05) is 26.3 Å². The standard InChI is InChI=1S/C15H23NO2/c1-4-6-10-18-14-9-7-8-13(11-14)15(17)16-12(3)5-2/h7-9,11-12H,4-6,10H2,1-3H3,(H,16,17). The van der Waals surface area contributed by atoms with Gasteiger partial charge < -0.3 is 10.1 Å². The van der Waals surface area contributed by atoms with Gasteiger partial charge in [0.15, 0.2) is 0 Å². The van der Waals surface area contributed by atoms with Gasteiger partial charge >= 0.3 is 0 Å². The molecule has 0 bridgehead atoms. The van der Waals surface area contributed by atoms with Gasteiger partial charge in [-0.15, -0.1) is 0 Å². The molecule has 1 rings (SSSR count). The van der Waals surface area contributed by atoms with Gasteiger partial charge in [-0.25, -0.2) is 0 Å². The summed E-state index contributed by atoms with van der Waals surface area (Å²) in [6.45, 7) is 6.88. The summed E-state index contributed by atoms with van der Waals surface area (Å²) in [5.74, 6) is 0.727. The Morgan fingerprint density at radius 2 is 2.17 bits per heavy atom. The molecule has 3 heteroatoms. The fourth-order valence-corrected chi connectivity index (χ4v) is 1.47.